The Bertz CT molecular complexity index is 800. The Kier molecular flexibility index (Phi) is 6.84. The van der Waals surface area contributed by atoms with Crippen LogP contribution in [0, 0.1) is 6.92 Å². The molecule has 2 aromatic rings. The van der Waals surface area contributed by atoms with Gasteiger partial charge in [-0.25, -0.2) is 0 Å². The summed E-state index contributed by atoms with van der Waals surface area (Å²) in [5.74, 6) is 1.12. The summed E-state index contributed by atoms with van der Waals surface area (Å²) in [5.41, 5.74) is 1.65. The zero-order valence-corrected chi connectivity index (χ0v) is 16.7. The average Bonchev–Trinajstić information content (AvgIpc) is 3.33. The third-order valence-corrected chi connectivity index (χ3v) is 5.69. The Hall–Kier alpha value is -1.93. The minimum atomic E-state index is -0.176. The van der Waals surface area contributed by atoms with E-state index in [-0.39, 0.29) is 12.4 Å². The van der Waals surface area contributed by atoms with E-state index in [1.54, 1.807) is 31.1 Å². The van der Waals surface area contributed by atoms with E-state index in [1.165, 1.54) is 25.7 Å². The second-order valence-electron chi connectivity index (χ2n) is 6.84. The Labute approximate surface area is 164 Å². The van der Waals surface area contributed by atoms with Crippen molar-refractivity contribution in [3.63, 3.8) is 0 Å². The lowest BCUT2D eigenvalue weighted by Crippen LogP contribution is -2.11. The van der Waals surface area contributed by atoms with E-state index in [1.807, 2.05) is 6.26 Å². The molecule has 0 bridgehead atoms. The number of rotatable bonds is 8. The van der Waals surface area contributed by atoms with Crippen molar-refractivity contribution in [2.24, 2.45) is 4.99 Å². The van der Waals surface area contributed by atoms with Gasteiger partial charge in [-0.2, -0.15) is 0 Å². The predicted octanol–water partition coefficient (Wildman–Crippen LogP) is 3.07. The number of nitrogens with zero attached hydrogens (tertiary/aromatic N) is 5. The molecule has 2 heterocycles. The van der Waals surface area contributed by atoms with E-state index < -0.39 is 0 Å². The van der Waals surface area contributed by atoms with E-state index >= 15 is 0 Å². The van der Waals surface area contributed by atoms with Crippen LogP contribution in [0.5, 0.6) is 5.75 Å². The fourth-order valence-electron chi connectivity index (χ4n) is 3.55. The van der Waals surface area contributed by atoms with Gasteiger partial charge in [-0.1, -0.05) is 24.6 Å². The number of aliphatic hydroxyl groups is 1. The monoisotopic (exact) mass is 389 g/mol. The van der Waals surface area contributed by atoms with Crippen LogP contribution in [-0.4, -0.2) is 49.0 Å². The SMILES string of the molecule is CSc1nnc(CCCN=Cc2c(CO)cnc(C)c2O)n1C1CCCC1. The summed E-state index contributed by atoms with van der Waals surface area (Å²) >= 11 is 1.65. The largest absolute Gasteiger partial charge is 0.505 e. The minimum Gasteiger partial charge on any atom is -0.505 e. The molecule has 1 aliphatic rings. The lowest BCUT2D eigenvalue weighted by atomic mass is 10.1. The van der Waals surface area contributed by atoms with Crippen LogP contribution in [-0.2, 0) is 13.0 Å². The summed E-state index contributed by atoms with van der Waals surface area (Å²) in [7, 11) is 0. The van der Waals surface area contributed by atoms with Gasteiger partial charge in [-0.3, -0.25) is 9.98 Å². The van der Waals surface area contributed by atoms with Gasteiger partial charge in [-0.05, 0) is 32.4 Å². The second-order valence-corrected chi connectivity index (χ2v) is 7.61. The quantitative estimate of drug-likeness (QED) is 0.409. The standard InChI is InChI=1S/C19H27N5O2S/c1-13-18(26)16(14(12-25)10-21-13)11-20-9-5-8-17-22-23-19(27-2)24(17)15-6-3-4-7-15/h10-11,15,25-26H,3-9,12H2,1-2H3. The molecular formula is C19H27N5O2S. The maximum atomic E-state index is 10.1. The molecule has 0 unspecified atom stereocenters. The third-order valence-electron chi connectivity index (χ3n) is 5.04. The van der Waals surface area contributed by atoms with Crippen molar-refractivity contribution in [3.8, 4) is 5.75 Å². The van der Waals surface area contributed by atoms with Crippen molar-refractivity contribution in [1.82, 2.24) is 19.7 Å². The molecule has 0 saturated heterocycles. The highest BCUT2D eigenvalue weighted by Gasteiger charge is 2.23. The zero-order valence-electron chi connectivity index (χ0n) is 15.9. The van der Waals surface area contributed by atoms with Crippen LogP contribution >= 0.6 is 11.8 Å². The molecule has 8 heteroatoms. The fraction of sp³-hybridized carbons (Fsp3) is 0.579. The molecule has 0 amide bonds. The molecule has 1 aliphatic carbocycles. The first-order valence-corrected chi connectivity index (χ1v) is 10.6. The van der Waals surface area contributed by atoms with Gasteiger partial charge in [-0.15, -0.1) is 10.2 Å². The Morgan fingerprint density at radius 1 is 1.33 bits per heavy atom. The highest BCUT2D eigenvalue weighted by molar-refractivity contribution is 7.98. The van der Waals surface area contributed by atoms with Gasteiger partial charge in [0.05, 0.1) is 12.3 Å². The molecule has 0 radical (unpaired) electrons. The first-order chi connectivity index (χ1) is 13.2. The maximum absolute atomic E-state index is 10.1. The molecule has 2 N–H and O–H groups in total. The first-order valence-electron chi connectivity index (χ1n) is 9.41. The number of hydrogen-bond donors (Lipinski definition) is 2. The molecule has 7 nitrogen and oxygen atoms in total. The van der Waals surface area contributed by atoms with Gasteiger partial charge >= 0.3 is 0 Å². The zero-order chi connectivity index (χ0) is 19.2. The number of thioether (sulfide) groups is 1. The summed E-state index contributed by atoms with van der Waals surface area (Å²) < 4.78 is 2.32. The summed E-state index contributed by atoms with van der Waals surface area (Å²) in [6.45, 7) is 2.18. The summed E-state index contributed by atoms with van der Waals surface area (Å²) in [5, 5.41) is 29.3. The Morgan fingerprint density at radius 2 is 2.11 bits per heavy atom. The number of aromatic nitrogens is 4. The number of pyridine rings is 1. The van der Waals surface area contributed by atoms with Gasteiger partial charge < -0.3 is 14.8 Å². The lowest BCUT2D eigenvalue weighted by molar-refractivity contribution is 0.280. The molecule has 2 aromatic heterocycles. The number of aliphatic imine (C=N–C) groups is 1. The molecule has 27 heavy (non-hydrogen) atoms. The van der Waals surface area contributed by atoms with Crippen molar-refractivity contribution >= 4 is 18.0 Å². The Morgan fingerprint density at radius 3 is 2.81 bits per heavy atom. The molecule has 0 aliphatic heterocycles. The van der Waals surface area contributed by atoms with Crippen molar-refractivity contribution < 1.29 is 10.2 Å². The van der Waals surface area contributed by atoms with Gasteiger partial charge in [0.15, 0.2) is 5.16 Å². The van der Waals surface area contributed by atoms with Gasteiger partial charge in [0.25, 0.3) is 0 Å². The van der Waals surface area contributed by atoms with Gasteiger partial charge in [0.1, 0.15) is 11.6 Å². The topological polar surface area (TPSA) is 96.4 Å². The summed E-state index contributed by atoms with van der Waals surface area (Å²) in [4.78, 5) is 8.50. The molecule has 3 rings (SSSR count). The lowest BCUT2D eigenvalue weighted by Gasteiger charge is -2.16. The van der Waals surface area contributed by atoms with Crippen molar-refractivity contribution in [2.75, 3.05) is 12.8 Å². The molecule has 0 atom stereocenters. The third kappa shape index (κ3) is 4.50. The van der Waals surface area contributed by atoms with Crippen molar-refractivity contribution in [2.45, 2.75) is 63.3 Å². The minimum absolute atomic E-state index is 0.0795. The Balaban J connectivity index is 1.62. The molecule has 1 saturated carbocycles. The highest BCUT2D eigenvalue weighted by atomic mass is 32.2. The van der Waals surface area contributed by atoms with Crippen molar-refractivity contribution in [3.05, 3.63) is 28.8 Å². The van der Waals surface area contributed by atoms with E-state index in [9.17, 15) is 10.2 Å². The van der Waals surface area contributed by atoms with Crippen molar-refractivity contribution in [1.29, 1.82) is 0 Å². The van der Waals surface area contributed by atoms with Gasteiger partial charge in [0, 0.05) is 42.5 Å². The maximum Gasteiger partial charge on any atom is 0.191 e. The van der Waals surface area contributed by atoms with Crippen LogP contribution in [0.4, 0.5) is 0 Å². The second kappa shape index (κ2) is 9.32. The molecule has 0 spiro atoms. The van der Waals surface area contributed by atoms with E-state index in [0.717, 1.165) is 23.8 Å². The predicted molar refractivity (Wildman–Crippen MR) is 107 cm³/mol. The average molecular weight is 390 g/mol. The highest BCUT2D eigenvalue weighted by Crippen LogP contribution is 2.33. The molecular weight excluding hydrogens is 362 g/mol. The normalized spacial score (nSPS) is 15.2. The summed E-state index contributed by atoms with van der Waals surface area (Å²) in [6, 6.07) is 0.532. The molecule has 146 valence electrons. The number of hydrogen-bond acceptors (Lipinski definition) is 7. The van der Waals surface area contributed by atoms with Crippen LogP contribution in [0.2, 0.25) is 0 Å². The van der Waals surface area contributed by atoms with E-state index in [2.05, 4.69) is 24.7 Å². The van der Waals surface area contributed by atoms with Crippen LogP contribution < -0.4 is 0 Å². The van der Waals surface area contributed by atoms with Gasteiger partial charge in [0.2, 0.25) is 0 Å². The smallest absolute Gasteiger partial charge is 0.191 e. The van der Waals surface area contributed by atoms with E-state index in [0.29, 0.717) is 29.4 Å². The fourth-order valence-corrected chi connectivity index (χ4v) is 4.13. The van der Waals surface area contributed by atoms with Crippen LogP contribution in [0.1, 0.15) is 60.8 Å². The molecule has 0 aromatic carbocycles. The summed E-state index contributed by atoms with van der Waals surface area (Å²) in [6.07, 6.45) is 11.9. The van der Waals surface area contributed by atoms with Crippen LogP contribution in [0.3, 0.4) is 0 Å². The van der Waals surface area contributed by atoms with E-state index in [4.69, 9.17) is 0 Å². The van der Waals surface area contributed by atoms with Crippen LogP contribution in [0.25, 0.3) is 0 Å². The number of aromatic hydroxyl groups is 1. The number of aryl methyl sites for hydroxylation is 2. The molecule has 1 fully saturated rings. The number of aliphatic hydroxyl groups excluding tert-OH is 1. The van der Waals surface area contributed by atoms with Crippen LogP contribution in [0.15, 0.2) is 16.3 Å². The first kappa shape index (κ1) is 19.8.